The van der Waals surface area contributed by atoms with E-state index in [1.807, 2.05) is 6.07 Å². The van der Waals surface area contributed by atoms with E-state index in [1.165, 1.54) is 23.9 Å². The van der Waals surface area contributed by atoms with Gasteiger partial charge in [0.15, 0.2) is 11.6 Å². The highest BCUT2D eigenvalue weighted by atomic mass is 35.5. The molecule has 5 heterocycles. The zero-order valence-electron chi connectivity index (χ0n) is 20.3. The number of carbonyl (C=O) groups excluding carboxylic acids is 1. The van der Waals surface area contributed by atoms with E-state index in [9.17, 15) is 19.1 Å². The quantitative estimate of drug-likeness (QED) is 0.368. The first kappa shape index (κ1) is 26.9. The number of thioether (sulfide) groups is 1. The van der Waals surface area contributed by atoms with Gasteiger partial charge in [-0.1, -0.05) is 11.8 Å². The molecular weight excluding hydrogens is 537 g/mol. The van der Waals surface area contributed by atoms with Crippen molar-refractivity contribution in [2.75, 3.05) is 37.3 Å². The van der Waals surface area contributed by atoms with Crippen LogP contribution in [-0.4, -0.2) is 74.3 Å². The number of nitrogens with zero attached hydrogens (tertiary/aromatic N) is 3. The first-order valence-corrected chi connectivity index (χ1v) is 13.5. The molecule has 0 saturated carbocycles. The Balaban J connectivity index is 0.00000144. The number of halogens is 2. The Morgan fingerprint density at radius 2 is 2.08 bits per heavy atom. The SMILES string of the molecule is O=C1CSc2ncc(CN[C@H]3CCN(C[C@@H]4COc5c(F)ccc6ccc(=O)n4c56)C[C@H]3O)cc2N1.OCl. The Morgan fingerprint density at radius 3 is 2.89 bits per heavy atom. The van der Waals surface area contributed by atoms with E-state index in [4.69, 9.17) is 9.40 Å². The van der Waals surface area contributed by atoms with Crippen molar-refractivity contribution in [1.82, 2.24) is 19.8 Å². The molecule has 0 unspecified atom stereocenters. The van der Waals surface area contributed by atoms with Crippen LogP contribution in [0.15, 0.2) is 46.3 Å². The van der Waals surface area contributed by atoms with E-state index in [1.54, 1.807) is 22.9 Å². The summed E-state index contributed by atoms with van der Waals surface area (Å²) in [6.45, 7) is 2.43. The second kappa shape index (κ2) is 11.6. The summed E-state index contributed by atoms with van der Waals surface area (Å²) in [5.74, 6) is -0.00232. The minimum absolute atomic E-state index is 0.0299. The van der Waals surface area contributed by atoms with Gasteiger partial charge in [0.25, 0.3) is 5.56 Å². The Hall–Kier alpha value is -2.74. The van der Waals surface area contributed by atoms with Gasteiger partial charge < -0.3 is 20.5 Å². The molecule has 3 aliphatic heterocycles. The molecule has 3 atom stereocenters. The van der Waals surface area contributed by atoms with E-state index in [0.717, 1.165) is 34.6 Å². The van der Waals surface area contributed by atoms with Gasteiger partial charge in [0.1, 0.15) is 11.6 Å². The maximum atomic E-state index is 14.3. The highest BCUT2D eigenvalue weighted by Crippen LogP contribution is 2.34. The molecule has 10 nitrogen and oxygen atoms in total. The van der Waals surface area contributed by atoms with Crippen LogP contribution >= 0.6 is 23.6 Å². The summed E-state index contributed by atoms with van der Waals surface area (Å²) in [5.41, 5.74) is 1.97. The summed E-state index contributed by atoms with van der Waals surface area (Å²) >= 11 is 5.06. The second-order valence-corrected chi connectivity index (χ2v) is 10.4. The predicted molar refractivity (Wildman–Crippen MR) is 142 cm³/mol. The molecule has 4 N–H and O–H groups in total. The third-order valence-corrected chi connectivity index (χ3v) is 8.01. The van der Waals surface area contributed by atoms with Gasteiger partial charge in [0, 0.05) is 43.3 Å². The summed E-state index contributed by atoms with van der Waals surface area (Å²) in [5, 5.41) is 18.7. The molecule has 202 valence electrons. The van der Waals surface area contributed by atoms with E-state index in [2.05, 4.69) is 32.4 Å². The van der Waals surface area contributed by atoms with Gasteiger partial charge >= 0.3 is 0 Å². The number of nitrogens with one attached hydrogen (secondary N) is 2. The summed E-state index contributed by atoms with van der Waals surface area (Å²) in [6.07, 6.45) is 1.92. The Bertz CT molecular complexity index is 1410. The minimum Gasteiger partial charge on any atom is -0.486 e. The minimum atomic E-state index is -0.596. The van der Waals surface area contributed by atoms with Crippen molar-refractivity contribution in [2.45, 2.75) is 36.2 Å². The third-order valence-electron chi connectivity index (χ3n) is 7.01. The number of carbonyl (C=O) groups is 1. The lowest BCUT2D eigenvalue weighted by Gasteiger charge is -2.39. The molecule has 1 amide bonds. The number of hydrogen-bond donors (Lipinski definition) is 4. The molecule has 2 aromatic heterocycles. The highest BCUT2D eigenvalue weighted by Gasteiger charge is 2.32. The molecule has 3 aromatic rings. The molecule has 6 rings (SSSR count). The maximum absolute atomic E-state index is 14.3. The third kappa shape index (κ3) is 5.37. The average Bonchev–Trinajstić information content (AvgIpc) is 2.93. The van der Waals surface area contributed by atoms with Gasteiger partial charge in [-0.3, -0.25) is 23.7 Å². The number of fused-ring (bicyclic) bond motifs is 1. The second-order valence-electron chi connectivity index (χ2n) is 9.46. The number of aromatic nitrogens is 2. The van der Waals surface area contributed by atoms with Crippen LogP contribution in [0.5, 0.6) is 5.75 Å². The fraction of sp³-hybridized carbons (Fsp3) is 0.400. The first-order chi connectivity index (χ1) is 18.5. The number of ether oxygens (including phenoxy) is 1. The zero-order valence-corrected chi connectivity index (χ0v) is 21.8. The van der Waals surface area contributed by atoms with Crippen LogP contribution in [0.25, 0.3) is 10.9 Å². The van der Waals surface area contributed by atoms with Crippen molar-refractivity contribution in [2.24, 2.45) is 0 Å². The molecule has 3 aliphatic rings. The van der Waals surface area contributed by atoms with Crippen LogP contribution in [0.4, 0.5) is 10.1 Å². The van der Waals surface area contributed by atoms with E-state index >= 15 is 0 Å². The van der Waals surface area contributed by atoms with Gasteiger partial charge in [0.05, 0.1) is 41.0 Å². The van der Waals surface area contributed by atoms with Crippen LogP contribution in [0, 0.1) is 5.82 Å². The number of pyridine rings is 2. The largest absolute Gasteiger partial charge is 0.486 e. The molecule has 1 saturated heterocycles. The van der Waals surface area contributed by atoms with Crippen LogP contribution < -0.4 is 20.9 Å². The molecule has 0 radical (unpaired) electrons. The number of piperidine rings is 1. The van der Waals surface area contributed by atoms with Crippen molar-refractivity contribution in [3.8, 4) is 5.75 Å². The Kier molecular flexibility index (Phi) is 8.17. The predicted octanol–water partition coefficient (Wildman–Crippen LogP) is 1.87. The normalized spacial score (nSPS) is 22.6. The maximum Gasteiger partial charge on any atom is 0.251 e. The molecule has 0 bridgehead atoms. The summed E-state index contributed by atoms with van der Waals surface area (Å²) in [7, 11) is 0. The smallest absolute Gasteiger partial charge is 0.251 e. The molecule has 13 heteroatoms. The van der Waals surface area contributed by atoms with Gasteiger partial charge in [-0.25, -0.2) is 9.37 Å². The average molecular weight is 564 g/mol. The van der Waals surface area contributed by atoms with Crippen LogP contribution in [0.3, 0.4) is 0 Å². The number of amides is 1. The molecule has 38 heavy (non-hydrogen) atoms. The van der Waals surface area contributed by atoms with Crippen molar-refractivity contribution in [1.29, 1.82) is 0 Å². The lowest BCUT2D eigenvalue weighted by molar-refractivity contribution is -0.113. The monoisotopic (exact) mass is 563 g/mol. The van der Waals surface area contributed by atoms with E-state index in [-0.39, 0.29) is 35.9 Å². The summed E-state index contributed by atoms with van der Waals surface area (Å²) < 4.78 is 28.2. The van der Waals surface area contributed by atoms with Crippen LogP contribution in [0.2, 0.25) is 0 Å². The number of hydrogen-bond acceptors (Lipinski definition) is 9. The molecule has 0 aliphatic carbocycles. The van der Waals surface area contributed by atoms with E-state index < -0.39 is 11.9 Å². The molecular formula is C25H27ClFN5O5S. The number of rotatable bonds is 5. The zero-order chi connectivity index (χ0) is 26.8. The van der Waals surface area contributed by atoms with Gasteiger partial charge in [-0.05, 0) is 42.8 Å². The van der Waals surface area contributed by atoms with Crippen molar-refractivity contribution < 1.29 is 23.7 Å². The fourth-order valence-electron chi connectivity index (χ4n) is 5.25. The van der Waals surface area contributed by atoms with Gasteiger partial charge in [0.2, 0.25) is 5.91 Å². The number of aliphatic hydroxyl groups is 1. The Morgan fingerprint density at radius 1 is 1.26 bits per heavy atom. The van der Waals surface area contributed by atoms with Crippen molar-refractivity contribution in [3.63, 3.8) is 0 Å². The Labute approximate surface area is 226 Å². The molecule has 1 fully saturated rings. The molecule has 0 spiro atoms. The molecule has 1 aromatic carbocycles. The lowest BCUT2D eigenvalue weighted by atomic mass is 10.0. The van der Waals surface area contributed by atoms with Gasteiger partial charge in [-0.15, -0.1) is 0 Å². The van der Waals surface area contributed by atoms with E-state index in [0.29, 0.717) is 30.9 Å². The summed E-state index contributed by atoms with van der Waals surface area (Å²) in [4.78, 5) is 30.9. The number of anilines is 1. The number of aliphatic hydroxyl groups excluding tert-OH is 1. The van der Waals surface area contributed by atoms with Crippen molar-refractivity contribution in [3.05, 3.63) is 58.3 Å². The summed E-state index contributed by atoms with van der Waals surface area (Å²) in [6, 6.07) is 7.76. The lowest BCUT2D eigenvalue weighted by Crippen LogP contribution is -2.54. The topological polar surface area (TPSA) is 129 Å². The first-order valence-electron chi connectivity index (χ1n) is 12.1. The highest BCUT2D eigenvalue weighted by molar-refractivity contribution is 8.00. The number of likely N-dealkylation sites (tertiary alicyclic amines) is 1. The fourth-order valence-corrected chi connectivity index (χ4v) is 5.98. The van der Waals surface area contributed by atoms with Crippen LogP contribution in [0.1, 0.15) is 18.0 Å². The number of benzene rings is 1. The standard InChI is InChI=1S/C25H26FN5O4S.ClHO/c26-17-3-1-15-2-4-22(34)31-16(12-35-24(17)23(15)31)10-30-6-5-18(20(32)11-30)27-8-14-7-19-25(28-9-14)36-13-21(33)29-19;1-2/h1-4,7,9,16,18,20,27,32H,5-6,8,10-13H2,(H,29,33);2H/t16-,18+,20-;/m1./s1. The van der Waals surface area contributed by atoms with Gasteiger partial charge in [-0.2, -0.15) is 0 Å². The number of β-amino-alcohol motifs (C(OH)–C–C–N with tert-alkyl or cyclic N) is 1. The van der Waals surface area contributed by atoms with Crippen molar-refractivity contribution >= 4 is 46.1 Å². The van der Waals surface area contributed by atoms with Crippen LogP contribution in [-0.2, 0) is 11.3 Å².